The van der Waals surface area contributed by atoms with Crippen molar-refractivity contribution in [2.24, 2.45) is 0 Å². The van der Waals surface area contributed by atoms with Gasteiger partial charge in [-0.25, -0.2) is 4.39 Å². The van der Waals surface area contributed by atoms with Gasteiger partial charge in [0, 0.05) is 34.9 Å². The van der Waals surface area contributed by atoms with Crippen LogP contribution in [0.3, 0.4) is 0 Å². The van der Waals surface area contributed by atoms with Crippen molar-refractivity contribution in [3.05, 3.63) is 35.6 Å². The Morgan fingerprint density at radius 2 is 1.89 bits per heavy atom. The van der Waals surface area contributed by atoms with Gasteiger partial charge in [-0.1, -0.05) is 18.2 Å². The maximum atomic E-state index is 13.6. The molecule has 0 aromatic heterocycles. The van der Waals surface area contributed by atoms with E-state index in [4.69, 9.17) is 0 Å². The van der Waals surface area contributed by atoms with Crippen LogP contribution in [-0.2, 0) is 17.2 Å². The molecule has 1 aromatic carbocycles. The van der Waals surface area contributed by atoms with Gasteiger partial charge in [0.1, 0.15) is 5.82 Å². The van der Waals surface area contributed by atoms with E-state index in [-0.39, 0.29) is 17.9 Å². The Labute approximate surface area is 112 Å². The summed E-state index contributed by atoms with van der Waals surface area (Å²) in [4.78, 5) is 2.16. The third-order valence-corrected chi connectivity index (χ3v) is 4.29. The summed E-state index contributed by atoms with van der Waals surface area (Å²) in [6.45, 7) is 4.13. The number of hydrogen-bond acceptors (Lipinski definition) is 2. The highest BCUT2D eigenvalue weighted by Crippen LogP contribution is 2.13. The van der Waals surface area contributed by atoms with Gasteiger partial charge in [-0.2, -0.15) is 0 Å². The monoisotopic (exact) mass is 271 g/mol. The summed E-state index contributed by atoms with van der Waals surface area (Å²) in [6, 6.07) is 7.33. The van der Waals surface area contributed by atoms with Crippen LogP contribution in [0.15, 0.2) is 24.3 Å². The number of likely N-dealkylation sites (N-methyl/N-ethyl adjacent to an activating group) is 1. The molecule has 0 aliphatic rings. The predicted molar refractivity (Wildman–Crippen MR) is 75.7 cm³/mol. The number of nitrogens with zero attached hydrogens (tertiary/aromatic N) is 1. The molecule has 0 radical (unpaired) electrons. The molecule has 0 saturated heterocycles. The third-order valence-electron chi connectivity index (χ3n) is 3.34. The minimum absolute atomic E-state index is 0.149. The van der Waals surface area contributed by atoms with Crippen LogP contribution in [0.4, 0.5) is 4.39 Å². The highest BCUT2D eigenvalue weighted by molar-refractivity contribution is 7.84. The zero-order valence-electron chi connectivity index (χ0n) is 11.5. The Balaban J connectivity index is 2.62. The maximum absolute atomic E-state index is 13.6. The van der Waals surface area contributed by atoms with E-state index < -0.39 is 10.8 Å². The van der Waals surface area contributed by atoms with E-state index in [1.165, 1.54) is 6.07 Å². The molecule has 0 aliphatic heterocycles. The van der Waals surface area contributed by atoms with E-state index >= 15 is 0 Å². The van der Waals surface area contributed by atoms with Crippen molar-refractivity contribution in [3.63, 3.8) is 0 Å². The molecule has 102 valence electrons. The average molecular weight is 271 g/mol. The van der Waals surface area contributed by atoms with E-state index in [1.807, 2.05) is 19.2 Å². The van der Waals surface area contributed by atoms with Crippen molar-refractivity contribution in [3.8, 4) is 0 Å². The fraction of sp³-hybridized carbons (Fsp3) is 0.571. The molecule has 0 bridgehead atoms. The molecule has 0 N–H and O–H groups in total. The Kier molecular flexibility index (Phi) is 5.96. The Hall–Kier alpha value is -0.740. The lowest BCUT2D eigenvalue weighted by Gasteiger charge is -2.30. The van der Waals surface area contributed by atoms with Crippen molar-refractivity contribution in [1.29, 1.82) is 0 Å². The molecular formula is C14H22FNOS. The van der Waals surface area contributed by atoms with Gasteiger partial charge < -0.3 is 0 Å². The first-order chi connectivity index (χ1) is 8.41. The summed E-state index contributed by atoms with van der Waals surface area (Å²) < 4.78 is 24.8. The molecule has 1 rings (SSSR count). The second kappa shape index (κ2) is 7.00. The standard InChI is InChI=1S/C14H22FNOS/c1-11(16(3)12(2)10-18(4)17)9-13-7-5-6-8-14(13)15/h5-8,11-12H,9-10H2,1-4H3. The molecule has 4 heteroatoms. The lowest BCUT2D eigenvalue weighted by molar-refractivity contribution is 0.208. The molecule has 3 unspecified atom stereocenters. The van der Waals surface area contributed by atoms with Gasteiger partial charge >= 0.3 is 0 Å². The van der Waals surface area contributed by atoms with Crippen LogP contribution in [0, 0.1) is 5.82 Å². The summed E-state index contributed by atoms with van der Waals surface area (Å²) >= 11 is 0. The fourth-order valence-corrected chi connectivity index (χ4v) is 2.93. The first kappa shape index (κ1) is 15.3. The zero-order valence-corrected chi connectivity index (χ0v) is 12.3. The van der Waals surface area contributed by atoms with Gasteiger partial charge in [0.05, 0.1) is 0 Å². The van der Waals surface area contributed by atoms with Crippen LogP contribution in [0.25, 0.3) is 0 Å². The molecule has 18 heavy (non-hydrogen) atoms. The molecule has 0 amide bonds. The Morgan fingerprint density at radius 3 is 2.44 bits per heavy atom. The number of halogens is 1. The van der Waals surface area contributed by atoms with Gasteiger partial charge in [0.15, 0.2) is 0 Å². The first-order valence-electron chi connectivity index (χ1n) is 6.17. The van der Waals surface area contributed by atoms with Gasteiger partial charge in [0.25, 0.3) is 0 Å². The number of rotatable bonds is 6. The van der Waals surface area contributed by atoms with Crippen molar-refractivity contribution >= 4 is 10.8 Å². The summed E-state index contributed by atoms with van der Waals surface area (Å²) in [5.41, 5.74) is 0.738. The normalized spacial score (nSPS) is 16.6. The van der Waals surface area contributed by atoms with Crippen LogP contribution < -0.4 is 0 Å². The molecular weight excluding hydrogens is 249 g/mol. The van der Waals surface area contributed by atoms with Crippen molar-refractivity contribution in [2.45, 2.75) is 32.4 Å². The van der Waals surface area contributed by atoms with Crippen molar-refractivity contribution in [1.82, 2.24) is 4.90 Å². The second-order valence-electron chi connectivity index (χ2n) is 4.90. The minimum atomic E-state index is -0.799. The molecule has 3 atom stereocenters. The highest BCUT2D eigenvalue weighted by atomic mass is 32.2. The third kappa shape index (κ3) is 4.50. The fourth-order valence-electron chi connectivity index (χ4n) is 2.02. The Bertz CT molecular complexity index is 411. The SMILES string of the molecule is CC(Cc1ccccc1F)N(C)C(C)CS(C)=O. The first-order valence-corrected chi connectivity index (χ1v) is 7.90. The van der Waals surface area contributed by atoms with Crippen LogP contribution in [0.2, 0.25) is 0 Å². The lowest BCUT2D eigenvalue weighted by atomic mass is 10.0. The summed E-state index contributed by atoms with van der Waals surface area (Å²) in [5.74, 6) is 0.502. The number of hydrogen-bond donors (Lipinski definition) is 0. The molecule has 0 spiro atoms. The van der Waals surface area contributed by atoms with Gasteiger partial charge in [0.2, 0.25) is 0 Å². The minimum Gasteiger partial charge on any atom is -0.300 e. The van der Waals surface area contributed by atoms with Crippen molar-refractivity contribution < 1.29 is 8.60 Å². The molecule has 0 heterocycles. The average Bonchev–Trinajstić information content (AvgIpc) is 2.30. The summed E-state index contributed by atoms with van der Waals surface area (Å²) in [7, 11) is 1.20. The van der Waals surface area contributed by atoms with E-state index in [1.54, 1.807) is 12.3 Å². The molecule has 2 nitrogen and oxygen atoms in total. The quantitative estimate of drug-likeness (QED) is 0.792. The molecule has 0 fully saturated rings. The molecule has 0 aliphatic carbocycles. The van der Waals surface area contributed by atoms with E-state index in [9.17, 15) is 8.60 Å². The largest absolute Gasteiger partial charge is 0.300 e. The highest BCUT2D eigenvalue weighted by Gasteiger charge is 2.18. The van der Waals surface area contributed by atoms with E-state index in [0.29, 0.717) is 12.2 Å². The number of benzene rings is 1. The molecule has 1 aromatic rings. The topological polar surface area (TPSA) is 20.3 Å². The smallest absolute Gasteiger partial charge is 0.126 e. The van der Waals surface area contributed by atoms with Gasteiger partial charge in [-0.05, 0) is 38.9 Å². The second-order valence-corrected chi connectivity index (χ2v) is 6.38. The summed E-state index contributed by atoms with van der Waals surface area (Å²) in [6.07, 6.45) is 2.38. The van der Waals surface area contributed by atoms with Crippen LogP contribution in [0.5, 0.6) is 0 Å². The van der Waals surface area contributed by atoms with Crippen LogP contribution in [-0.4, -0.2) is 40.2 Å². The van der Waals surface area contributed by atoms with Crippen LogP contribution in [0.1, 0.15) is 19.4 Å². The van der Waals surface area contributed by atoms with E-state index in [2.05, 4.69) is 18.7 Å². The maximum Gasteiger partial charge on any atom is 0.126 e. The lowest BCUT2D eigenvalue weighted by Crippen LogP contribution is -2.41. The van der Waals surface area contributed by atoms with Crippen molar-refractivity contribution in [2.75, 3.05) is 19.1 Å². The predicted octanol–water partition coefficient (Wildman–Crippen LogP) is 2.46. The molecule has 0 saturated carbocycles. The Morgan fingerprint density at radius 1 is 1.28 bits per heavy atom. The zero-order chi connectivity index (χ0) is 13.7. The van der Waals surface area contributed by atoms with E-state index in [0.717, 1.165) is 5.56 Å². The van der Waals surface area contributed by atoms with Crippen LogP contribution >= 0.6 is 0 Å². The van der Waals surface area contributed by atoms with Gasteiger partial charge in [-0.3, -0.25) is 9.11 Å². The summed E-state index contributed by atoms with van der Waals surface area (Å²) in [5, 5.41) is 0. The van der Waals surface area contributed by atoms with Gasteiger partial charge in [-0.15, -0.1) is 0 Å².